The molecule has 1 saturated heterocycles. The van der Waals surface area contributed by atoms with Crippen LogP contribution in [0.1, 0.15) is 54.2 Å². The van der Waals surface area contributed by atoms with Crippen molar-refractivity contribution in [3.63, 3.8) is 0 Å². The fraction of sp³-hybridized carbons (Fsp3) is 0.538. The Morgan fingerprint density at radius 2 is 2.39 bits per heavy atom. The maximum absolute atomic E-state index is 12.8. The Labute approximate surface area is 131 Å². The number of likely N-dealkylation sites (tertiary alicyclic amines) is 1. The van der Waals surface area contributed by atoms with E-state index in [0.29, 0.717) is 30.9 Å². The molecule has 0 unspecified atom stereocenters. The van der Waals surface area contributed by atoms with E-state index in [9.17, 15) is 14.9 Å². The van der Waals surface area contributed by atoms with Crippen molar-refractivity contribution in [1.29, 1.82) is 0 Å². The summed E-state index contributed by atoms with van der Waals surface area (Å²) in [5.41, 5.74) is -0.0800. The van der Waals surface area contributed by atoms with Crippen molar-refractivity contribution in [2.75, 3.05) is 6.54 Å². The fourth-order valence-electron chi connectivity index (χ4n) is 2.87. The minimum absolute atomic E-state index is 0.165. The number of H-pyrrole nitrogens is 1. The minimum atomic E-state index is -0.567. The number of aryl methyl sites for hydroxylation is 1. The fourth-order valence-corrected chi connectivity index (χ4v) is 2.87. The number of aromatic amines is 1. The Morgan fingerprint density at radius 3 is 3.04 bits per heavy atom. The van der Waals surface area contributed by atoms with Gasteiger partial charge >= 0.3 is 5.69 Å². The van der Waals surface area contributed by atoms with E-state index in [1.165, 1.54) is 11.3 Å². The Hall–Kier alpha value is -2.78. The van der Waals surface area contributed by atoms with Gasteiger partial charge in [-0.15, -0.1) is 0 Å². The van der Waals surface area contributed by atoms with Gasteiger partial charge < -0.3 is 9.42 Å². The third kappa shape index (κ3) is 2.67. The summed E-state index contributed by atoms with van der Waals surface area (Å²) >= 11 is 0. The molecule has 1 aliphatic heterocycles. The molecule has 0 bridgehead atoms. The van der Waals surface area contributed by atoms with Crippen LogP contribution in [0.4, 0.5) is 5.69 Å². The maximum atomic E-state index is 12.8. The van der Waals surface area contributed by atoms with Gasteiger partial charge in [0.1, 0.15) is 5.69 Å². The molecule has 2 aromatic heterocycles. The van der Waals surface area contributed by atoms with Gasteiger partial charge in [0.15, 0.2) is 5.82 Å². The Balaban J connectivity index is 1.95. The van der Waals surface area contributed by atoms with E-state index < -0.39 is 10.8 Å². The summed E-state index contributed by atoms with van der Waals surface area (Å²) in [6.07, 6.45) is 4.03. The first-order valence-corrected chi connectivity index (χ1v) is 7.42. The highest BCUT2D eigenvalue weighted by molar-refractivity contribution is 5.96. The number of nitrogens with one attached hydrogen (secondary N) is 1. The number of piperidine rings is 1. The van der Waals surface area contributed by atoms with Gasteiger partial charge in [-0.1, -0.05) is 12.1 Å². The standard InChI is InChI=1S/C13H16N6O4/c1-2-8-11(19(21)22)10(16-15-8)13(20)18-6-4-3-5-9(18)12-14-7-23-17-12/h7,9H,2-6H2,1H3,(H,15,16)/t9-/m1/s1. The highest BCUT2D eigenvalue weighted by atomic mass is 16.6. The van der Waals surface area contributed by atoms with Crippen molar-refractivity contribution in [3.05, 3.63) is 33.7 Å². The summed E-state index contributed by atoms with van der Waals surface area (Å²) in [6, 6.07) is -0.351. The molecule has 0 radical (unpaired) electrons. The van der Waals surface area contributed by atoms with Crippen LogP contribution >= 0.6 is 0 Å². The number of aromatic nitrogens is 4. The number of nitrogens with zero attached hydrogens (tertiary/aromatic N) is 5. The van der Waals surface area contributed by atoms with E-state index in [4.69, 9.17) is 4.52 Å². The van der Waals surface area contributed by atoms with E-state index in [1.807, 2.05) is 0 Å². The second-order valence-electron chi connectivity index (χ2n) is 5.31. The lowest BCUT2D eigenvalue weighted by Gasteiger charge is -2.33. The van der Waals surface area contributed by atoms with Crippen LogP contribution in [-0.2, 0) is 6.42 Å². The largest absolute Gasteiger partial charge is 0.343 e. The molecule has 10 heteroatoms. The Morgan fingerprint density at radius 1 is 1.57 bits per heavy atom. The van der Waals surface area contributed by atoms with Gasteiger partial charge in [-0.25, -0.2) is 0 Å². The number of hydrogen-bond acceptors (Lipinski definition) is 7. The zero-order chi connectivity index (χ0) is 16.4. The first-order valence-electron chi connectivity index (χ1n) is 7.42. The highest BCUT2D eigenvalue weighted by Gasteiger charge is 2.37. The van der Waals surface area contributed by atoms with Gasteiger partial charge in [0.2, 0.25) is 12.1 Å². The van der Waals surface area contributed by atoms with Crippen LogP contribution in [0, 0.1) is 10.1 Å². The Kier molecular flexibility index (Phi) is 4.04. The molecule has 0 saturated carbocycles. The van der Waals surface area contributed by atoms with E-state index in [-0.39, 0.29) is 17.4 Å². The summed E-state index contributed by atoms with van der Waals surface area (Å²) < 4.78 is 4.76. The van der Waals surface area contributed by atoms with Crippen molar-refractivity contribution in [1.82, 2.24) is 25.2 Å². The smallest absolute Gasteiger partial charge is 0.322 e. The van der Waals surface area contributed by atoms with Gasteiger partial charge in [0.25, 0.3) is 5.91 Å². The number of carbonyl (C=O) groups excluding carboxylic acids is 1. The predicted octanol–water partition coefficient (Wildman–Crippen LogP) is 1.63. The average molecular weight is 320 g/mol. The van der Waals surface area contributed by atoms with Crippen LogP contribution < -0.4 is 0 Å². The van der Waals surface area contributed by atoms with Crippen LogP contribution in [0.2, 0.25) is 0 Å². The summed E-state index contributed by atoms with van der Waals surface area (Å²) in [4.78, 5) is 29.1. The lowest BCUT2D eigenvalue weighted by atomic mass is 10.0. The Bertz CT molecular complexity index is 710. The van der Waals surface area contributed by atoms with E-state index in [2.05, 4.69) is 20.3 Å². The molecule has 0 aromatic carbocycles. The monoisotopic (exact) mass is 320 g/mol. The third-order valence-corrected chi connectivity index (χ3v) is 3.99. The molecular weight excluding hydrogens is 304 g/mol. The normalized spacial score (nSPS) is 18.1. The number of carbonyl (C=O) groups is 1. The lowest BCUT2D eigenvalue weighted by Crippen LogP contribution is -2.39. The lowest BCUT2D eigenvalue weighted by molar-refractivity contribution is -0.385. The van der Waals surface area contributed by atoms with Crippen LogP contribution in [0.5, 0.6) is 0 Å². The van der Waals surface area contributed by atoms with Gasteiger partial charge in [-0.05, 0) is 25.7 Å². The quantitative estimate of drug-likeness (QED) is 0.669. The molecule has 1 fully saturated rings. The van der Waals surface area contributed by atoms with E-state index in [0.717, 1.165) is 12.8 Å². The van der Waals surface area contributed by atoms with E-state index >= 15 is 0 Å². The van der Waals surface area contributed by atoms with Gasteiger partial charge in [-0.3, -0.25) is 20.0 Å². The topological polar surface area (TPSA) is 131 Å². The molecule has 122 valence electrons. The zero-order valence-corrected chi connectivity index (χ0v) is 12.6. The molecule has 0 spiro atoms. The number of hydrogen-bond donors (Lipinski definition) is 1. The number of amides is 1. The van der Waals surface area contributed by atoms with Crippen molar-refractivity contribution in [3.8, 4) is 0 Å². The minimum Gasteiger partial charge on any atom is -0.343 e. The molecule has 1 aliphatic rings. The second-order valence-corrected chi connectivity index (χ2v) is 5.31. The molecule has 10 nitrogen and oxygen atoms in total. The SMILES string of the molecule is CCc1[nH]nc(C(=O)N2CCCC[C@@H]2c2ncon2)c1[N+](=O)[O-]. The molecule has 2 aromatic rings. The molecule has 3 heterocycles. The van der Waals surface area contributed by atoms with Crippen molar-refractivity contribution in [2.24, 2.45) is 0 Å². The molecule has 1 atom stereocenters. The van der Waals surface area contributed by atoms with Crippen LogP contribution in [-0.4, -0.2) is 42.6 Å². The predicted molar refractivity (Wildman–Crippen MR) is 76.5 cm³/mol. The molecule has 1 amide bonds. The molecule has 3 rings (SSSR count). The first-order chi connectivity index (χ1) is 11.1. The third-order valence-electron chi connectivity index (χ3n) is 3.99. The van der Waals surface area contributed by atoms with Crippen molar-refractivity contribution >= 4 is 11.6 Å². The number of nitro groups is 1. The molecule has 0 aliphatic carbocycles. The molecule has 1 N–H and O–H groups in total. The molecular formula is C13H16N6O4. The second kappa shape index (κ2) is 6.15. The van der Waals surface area contributed by atoms with E-state index in [1.54, 1.807) is 6.92 Å². The van der Waals surface area contributed by atoms with Gasteiger partial charge in [0.05, 0.1) is 11.0 Å². The summed E-state index contributed by atoms with van der Waals surface area (Å²) in [5.74, 6) is -0.0749. The zero-order valence-electron chi connectivity index (χ0n) is 12.6. The highest BCUT2D eigenvalue weighted by Crippen LogP contribution is 2.32. The first kappa shape index (κ1) is 15.1. The van der Waals surface area contributed by atoms with Crippen molar-refractivity contribution in [2.45, 2.75) is 38.6 Å². The maximum Gasteiger partial charge on any atom is 0.322 e. The number of rotatable bonds is 4. The van der Waals surface area contributed by atoms with Crippen molar-refractivity contribution < 1.29 is 14.2 Å². The summed E-state index contributed by atoms with van der Waals surface area (Å²) in [5, 5.41) is 21.6. The van der Waals surface area contributed by atoms with Gasteiger partial charge in [0, 0.05) is 6.54 Å². The average Bonchev–Trinajstić information content (AvgIpc) is 3.23. The summed E-state index contributed by atoms with van der Waals surface area (Å²) in [6.45, 7) is 2.24. The van der Waals surface area contributed by atoms with Crippen LogP contribution in [0.25, 0.3) is 0 Å². The van der Waals surface area contributed by atoms with Gasteiger partial charge in [-0.2, -0.15) is 10.1 Å². The van der Waals surface area contributed by atoms with Crippen LogP contribution in [0.3, 0.4) is 0 Å². The summed E-state index contributed by atoms with van der Waals surface area (Å²) in [7, 11) is 0. The molecule has 23 heavy (non-hydrogen) atoms. The van der Waals surface area contributed by atoms with Crippen LogP contribution in [0.15, 0.2) is 10.9 Å².